The topological polar surface area (TPSA) is 20.3 Å². The summed E-state index contributed by atoms with van der Waals surface area (Å²) in [6, 6.07) is 0. The van der Waals surface area contributed by atoms with Crippen molar-refractivity contribution >= 4 is 3.91 Å². The molecule has 0 aromatic rings. The van der Waals surface area contributed by atoms with Gasteiger partial charge in [-0.3, -0.25) is 0 Å². The summed E-state index contributed by atoms with van der Waals surface area (Å²) in [6.45, 7) is 2.11. The van der Waals surface area contributed by atoms with Crippen molar-refractivity contribution in [3.05, 3.63) is 0 Å². The number of halogens is 1. The van der Waals surface area contributed by atoms with E-state index in [0.717, 1.165) is 10.8 Å². The predicted octanol–water partition coefficient (Wildman–Crippen LogP) is -1.83. The van der Waals surface area contributed by atoms with Crippen LogP contribution in [-0.2, 0) is 0 Å². The first-order valence-corrected chi connectivity index (χ1v) is 5.59. The zero-order chi connectivity index (χ0) is 7.28. The molecule has 1 amide bonds. The van der Waals surface area contributed by atoms with E-state index in [1.807, 2.05) is 14.1 Å². The van der Waals surface area contributed by atoms with E-state index in [9.17, 15) is 4.79 Å². The Bertz CT molecular complexity index is 93.1. The number of rotatable bonds is 3. The number of nitrogens with zero attached hydrogens (tertiary/aromatic N) is 1. The van der Waals surface area contributed by atoms with Crippen LogP contribution in [0.25, 0.3) is 0 Å². The molecule has 0 aliphatic heterocycles. The molecule has 0 heterocycles. The van der Waals surface area contributed by atoms with Crippen molar-refractivity contribution in [1.82, 2.24) is 4.90 Å². The second-order valence-corrected chi connectivity index (χ2v) is 4.73. The van der Waals surface area contributed by atoms with Gasteiger partial charge in [0.15, 0.2) is 0 Å². The minimum absolute atomic E-state index is 0.191. The van der Waals surface area contributed by atoms with Gasteiger partial charge in [0.25, 0.3) is 0 Å². The standard InChI is InChI=1S/C6H13INO/c1-4-5-7-6(9)8(2)3/h4-5H2,1-3H3/q-1. The number of hydrogen-bond donors (Lipinski definition) is 0. The molecule has 9 heavy (non-hydrogen) atoms. The molecule has 0 spiro atoms. The van der Waals surface area contributed by atoms with Crippen LogP contribution >= 0.6 is 0 Å². The molecule has 0 aliphatic rings. The van der Waals surface area contributed by atoms with E-state index in [1.165, 1.54) is 0 Å². The van der Waals surface area contributed by atoms with Gasteiger partial charge in [0.1, 0.15) is 0 Å². The molecule has 0 saturated heterocycles. The van der Waals surface area contributed by atoms with Crippen LogP contribution in [0.2, 0.25) is 0 Å². The van der Waals surface area contributed by atoms with Gasteiger partial charge in [-0.25, -0.2) is 0 Å². The van der Waals surface area contributed by atoms with Crippen molar-refractivity contribution in [3.8, 4) is 0 Å². The van der Waals surface area contributed by atoms with Crippen LogP contribution in [0.5, 0.6) is 0 Å². The zero-order valence-electron chi connectivity index (χ0n) is 6.15. The van der Waals surface area contributed by atoms with Crippen molar-refractivity contribution < 1.29 is 26.0 Å². The van der Waals surface area contributed by atoms with Gasteiger partial charge in [-0.1, -0.05) is 0 Å². The summed E-state index contributed by atoms with van der Waals surface area (Å²) in [4.78, 5) is 12.6. The predicted molar refractivity (Wildman–Crippen MR) is 34.2 cm³/mol. The van der Waals surface area contributed by atoms with Gasteiger partial charge in [-0.15, -0.1) is 0 Å². The van der Waals surface area contributed by atoms with Gasteiger partial charge in [0, 0.05) is 0 Å². The average Bonchev–Trinajstić information content (AvgIpc) is 1.82. The van der Waals surface area contributed by atoms with Gasteiger partial charge < -0.3 is 0 Å². The van der Waals surface area contributed by atoms with Crippen molar-refractivity contribution in [2.75, 3.05) is 18.5 Å². The van der Waals surface area contributed by atoms with Crippen molar-refractivity contribution in [2.45, 2.75) is 13.3 Å². The van der Waals surface area contributed by atoms with Gasteiger partial charge in [0.2, 0.25) is 0 Å². The van der Waals surface area contributed by atoms with Crippen LogP contribution in [0.3, 0.4) is 0 Å². The quantitative estimate of drug-likeness (QED) is 0.247. The van der Waals surface area contributed by atoms with Gasteiger partial charge in [-0.05, 0) is 0 Å². The molecular weight excluding hydrogens is 229 g/mol. The summed E-state index contributed by atoms with van der Waals surface area (Å²) in [7, 11) is 3.63. The second kappa shape index (κ2) is 5.02. The second-order valence-electron chi connectivity index (χ2n) is 1.97. The third-order valence-corrected chi connectivity index (χ3v) is 3.98. The fourth-order valence-corrected chi connectivity index (χ4v) is 1.98. The Morgan fingerprint density at radius 2 is 2.11 bits per heavy atom. The SMILES string of the molecule is CCC[I-]C(=O)N(C)C. The number of carbonyl (C=O) groups excluding carboxylic acids is 1. The maximum atomic E-state index is 10.9. The molecule has 0 unspecified atom stereocenters. The summed E-state index contributed by atoms with van der Waals surface area (Å²) in [5.41, 5.74) is 0. The normalized spacial score (nSPS) is 9.67. The molecule has 0 N–H and O–H groups in total. The molecule has 0 aromatic heterocycles. The molecule has 2 nitrogen and oxygen atoms in total. The fraction of sp³-hybridized carbons (Fsp3) is 0.833. The van der Waals surface area contributed by atoms with Gasteiger partial charge in [-0.2, -0.15) is 0 Å². The number of alkyl halides is 1. The minimum atomic E-state index is -0.191. The molecule has 0 aliphatic carbocycles. The van der Waals surface area contributed by atoms with Crippen LogP contribution < -0.4 is 21.2 Å². The third kappa shape index (κ3) is 4.69. The molecule has 0 saturated carbocycles. The number of hydrogen-bond acceptors (Lipinski definition) is 1. The summed E-state index contributed by atoms with van der Waals surface area (Å²) in [6.07, 6.45) is 1.15. The molecule has 3 heteroatoms. The Morgan fingerprint density at radius 3 is 2.44 bits per heavy atom. The molecule has 0 bridgehead atoms. The molecule has 0 radical (unpaired) electrons. The van der Waals surface area contributed by atoms with E-state index in [-0.39, 0.29) is 21.2 Å². The molecule has 0 rings (SSSR count). The van der Waals surface area contributed by atoms with Gasteiger partial charge >= 0.3 is 66.7 Å². The molecular formula is C6H13INO-. The monoisotopic (exact) mass is 242 g/mol. The van der Waals surface area contributed by atoms with E-state index in [2.05, 4.69) is 6.92 Å². The summed E-state index contributed by atoms with van der Waals surface area (Å²) in [5, 5.41) is 0. The molecule has 0 fully saturated rings. The zero-order valence-corrected chi connectivity index (χ0v) is 8.31. The number of amides is 1. The Kier molecular flexibility index (Phi) is 5.13. The van der Waals surface area contributed by atoms with Crippen molar-refractivity contribution in [3.63, 3.8) is 0 Å². The van der Waals surface area contributed by atoms with E-state index < -0.39 is 0 Å². The van der Waals surface area contributed by atoms with Crippen LogP contribution in [0.15, 0.2) is 0 Å². The summed E-state index contributed by atoms with van der Waals surface area (Å²) in [5.74, 6) is 0. The van der Waals surface area contributed by atoms with Crippen molar-refractivity contribution in [1.29, 1.82) is 0 Å². The fourth-order valence-electron chi connectivity index (χ4n) is 0.295. The van der Waals surface area contributed by atoms with Crippen LogP contribution in [0.4, 0.5) is 4.79 Å². The molecule has 56 valence electrons. The average molecular weight is 242 g/mol. The van der Waals surface area contributed by atoms with Crippen LogP contribution in [-0.4, -0.2) is 27.3 Å². The third-order valence-electron chi connectivity index (χ3n) is 0.749. The first kappa shape index (κ1) is 9.20. The summed E-state index contributed by atoms with van der Waals surface area (Å²) < 4.78 is 1.46. The number of carbonyl (C=O) groups is 1. The Balaban J connectivity index is 3.28. The maximum absolute atomic E-state index is 10.9. The Hall–Kier alpha value is 0.200. The van der Waals surface area contributed by atoms with Crippen LogP contribution in [0, 0.1) is 0 Å². The van der Waals surface area contributed by atoms with Gasteiger partial charge in [0.05, 0.1) is 0 Å². The van der Waals surface area contributed by atoms with E-state index in [0.29, 0.717) is 3.91 Å². The Morgan fingerprint density at radius 1 is 1.56 bits per heavy atom. The Labute approximate surface area is 66.9 Å². The van der Waals surface area contributed by atoms with E-state index >= 15 is 0 Å². The summed E-state index contributed by atoms with van der Waals surface area (Å²) >= 11 is -0.191. The molecule has 0 aromatic carbocycles. The first-order chi connectivity index (χ1) is 4.18. The first-order valence-electron chi connectivity index (χ1n) is 2.99. The van der Waals surface area contributed by atoms with E-state index in [1.54, 1.807) is 4.90 Å². The van der Waals surface area contributed by atoms with Crippen LogP contribution in [0.1, 0.15) is 13.3 Å². The van der Waals surface area contributed by atoms with E-state index in [4.69, 9.17) is 0 Å². The molecule has 0 atom stereocenters. The van der Waals surface area contributed by atoms with Crippen molar-refractivity contribution in [2.24, 2.45) is 0 Å².